The van der Waals surface area contributed by atoms with E-state index in [0.717, 1.165) is 43.9 Å². The third-order valence-corrected chi connectivity index (χ3v) is 5.89. The molecule has 2 fully saturated rings. The minimum atomic E-state index is 0.135. The van der Waals surface area contributed by atoms with Crippen molar-refractivity contribution in [2.75, 3.05) is 0 Å². The molecule has 2 aliphatic carbocycles. The summed E-state index contributed by atoms with van der Waals surface area (Å²) in [6.45, 7) is 1.49. The number of nitrogens with one attached hydrogen (secondary N) is 1. The van der Waals surface area contributed by atoms with E-state index in [1.807, 2.05) is 0 Å². The summed E-state index contributed by atoms with van der Waals surface area (Å²) in [5.74, 6) is 3.35. The van der Waals surface area contributed by atoms with Crippen LogP contribution in [0.25, 0.3) is 0 Å². The molecule has 6 nitrogen and oxygen atoms in total. The van der Waals surface area contributed by atoms with Crippen LogP contribution in [0.4, 0.5) is 0 Å². The van der Waals surface area contributed by atoms with Gasteiger partial charge in [0.05, 0.1) is 6.54 Å². The molecule has 4 rings (SSSR count). The van der Waals surface area contributed by atoms with Crippen LogP contribution in [0.2, 0.25) is 0 Å². The highest BCUT2D eigenvalue weighted by Crippen LogP contribution is 2.41. The van der Waals surface area contributed by atoms with E-state index in [2.05, 4.69) is 20.1 Å². The van der Waals surface area contributed by atoms with Crippen molar-refractivity contribution in [1.29, 1.82) is 0 Å². The average molecular weight is 303 g/mol. The molecule has 2 heterocycles. The van der Waals surface area contributed by atoms with E-state index in [1.165, 1.54) is 19.3 Å². The molecule has 0 radical (unpaired) electrons. The first-order valence-corrected chi connectivity index (χ1v) is 8.66. The highest BCUT2D eigenvalue weighted by Gasteiger charge is 2.40. The van der Waals surface area contributed by atoms with Crippen molar-refractivity contribution in [1.82, 2.24) is 20.1 Å². The minimum absolute atomic E-state index is 0.135. The molecule has 0 aromatic carbocycles. The summed E-state index contributed by atoms with van der Waals surface area (Å²) < 4.78 is 2.14. The highest BCUT2D eigenvalue weighted by atomic mass is 16.1. The molecule has 2 saturated carbocycles. The second kappa shape index (κ2) is 5.65. The lowest BCUT2D eigenvalue weighted by Gasteiger charge is -2.43. The molecule has 0 saturated heterocycles. The van der Waals surface area contributed by atoms with Crippen LogP contribution in [0.5, 0.6) is 0 Å². The fourth-order valence-corrected chi connectivity index (χ4v) is 4.66. The highest BCUT2D eigenvalue weighted by molar-refractivity contribution is 5.78. The predicted octanol–water partition coefficient (Wildman–Crippen LogP) is 0.994. The van der Waals surface area contributed by atoms with Gasteiger partial charge in [0, 0.05) is 24.9 Å². The molecule has 3 N–H and O–H groups in total. The van der Waals surface area contributed by atoms with Gasteiger partial charge in [0.2, 0.25) is 5.91 Å². The number of nitrogens with zero attached hydrogens (tertiary/aromatic N) is 3. The summed E-state index contributed by atoms with van der Waals surface area (Å²) in [6, 6.07) is 0.317. The van der Waals surface area contributed by atoms with Crippen molar-refractivity contribution in [2.45, 2.75) is 64.1 Å². The Bertz CT molecular complexity index is 555. The lowest BCUT2D eigenvalue weighted by molar-refractivity contribution is -0.128. The van der Waals surface area contributed by atoms with Crippen molar-refractivity contribution in [3.63, 3.8) is 0 Å². The standard InChI is InChI=1S/C16H25N5O/c17-15-10-3-1-4-11(15)8-12(7-10)16(22)18-9-14-20-19-13-5-2-6-21(13)14/h10-12,15H,1-9,17H2,(H,18,22). The van der Waals surface area contributed by atoms with Gasteiger partial charge in [0.1, 0.15) is 5.82 Å². The van der Waals surface area contributed by atoms with Crippen molar-refractivity contribution in [3.8, 4) is 0 Å². The molecule has 2 unspecified atom stereocenters. The number of carbonyl (C=O) groups excluding carboxylic acids is 1. The Kier molecular flexibility index (Phi) is 3.64. The first-order chi connectivity index (χ1) is 10.7. The van der Waals surface area contributed by atoms with Gasteiger partial charge >= 0.3 is 0 Å². The van der Waals surface area contributed by atoms with E-state index < -0.39 is 0 Å². The molecule has 2 atom stereocenters. The van der Waals surface area contributed by atoms with E-state index in [4.69, 9.17) is 5.73 Å². The zero-order valence-corrected chi connectivity index (χ0v) is 13.0. The van der Waals surface area contributed by atoms with E-state index in [9.17, 15) is 4.79 Å². The third kappa shape index (κ3) is 2.43. The Labute approximate surface area is 130 Å². The van der Waals surface area contributed by atoms with Gasteiger partial charge in [-0.05, 0) is 43.9 Å². The number of aromatic nitrogens is 3. The molecule has 1 aromatic heterocycles. The Morgan fingerprint density at radius 2 is 2.00 bits per heavy atom. The Balaban J connectivity index is 1.36. The fraction of sp³-hybridized carbons (Fsp3) is 0.812. The zero-order valence-electron chi connectivity index (χ0n) is 13.0. The number of hydrogen-bond acceptors (Lipinski definition) is 4. The van der Waals surface area contributed by atoms with Crippen LogP contribution in [-0.2, 0) is 24.3 Å². The van der Waals surface area contributed by atoms with Crippen molar-refractivity contribution >= 4 is 5.91 Å². The van der Waals surface area contributed by atoms with Crippen LogP contribution in [0, 0.1) is 17.8 Å². The molecule has 22 heavy (non-hydrogen) atoms. The second-order valence-corrected chi connectivity index (χ2v) is 7.20. The molecule has 2 bridgehead atoms. The summed E-state index contributed by atoms with van der Waals surface area (Å²) in [4.78, 5) is 12.5. The molecule has 1 amide bonds. The number of carbonyl (C=O) groups is 1. The topological polar surface area (TPSA) is 85.8 Å². The largest absolute Gasteiger partial charge is 0.349 e. The summed E-state index contributed by atoms with van der Waals surface area (Å²) in [6.07, 6.45) is 7.73. The molecule has 6 heteroatoms. The molecular formula is C16H25N5O. The number of nitrogens with two attached hydrogens (primary N) is 1. The van der Waals surface area contributed by atoms with E-state index in [0.29, 0.717) is 24.4 Å². The van der Waals surface area contributed by atoms with Crippen LogP contribution < -0.4 is 11.1 Å². The van der Waals surface area contributed by atoms with Crippen LogP contribution in [0.3, 0.4) is 0 Å². The number of aryl methyl sites for hydroxylation is 1. The molecular weight excluding hydrogens is 278 g/mol. The van der Waals surface area contributed by atoms with Gasteiger partial charge in [-0.3, -0.25) is 4.79 Å². The van der Waals surface area contributed by atoms with Gasteiger partial charge in [-0.2, -0.15) is 0 Å². The molecule has 3 aliphatic rings. The van der Waals surface area contributed by atoms with Crippen LogP contribution >= 0.6 is 0 Å². The first kappa shape index (κ1) is 14.2. The lowest BCUT2D eigenvalue weighted by Crippen LogP contribution is -2.49. The third-order valence-electron chi connectivity index (χ3n) is 5.89. The van der Waals surface area contributed by atoms with Gasteiger partial charge in [-0.1, -0.05) is 6.42 Å². The monoisotopic (exact) mass is 303 g/mol. The molecule has 1 aromatic rings. The molecule has 120 valence electrons. The van der Waals surface area contributed by atoms with E-state index >= 15 is 0 Å². The van der Waals surface area contributed by atoms with Crippen molar-refractivity contribution < 1.29 is 4.79 Å². The van der Waals surface area contributed by atoms with Gasteiger partial charge in [-0.25, -0.2) is 0 Å². The van der Waals surface area contributed by atoms with E-state index in [-0.39, 0.29) is 11.8 Å². The number of rotatable bonds is 3. The van der Waals surface area contributed by atoms with Crippen molar-refractivity contribution in [3.05, 3.63) is 11.6 Å². The van der Waals surface area contributed by atoms with Crippen molar-refractivity contribution in [2.24, 2.45) is 23.5 Å². The molecule has 0 spiro atoms. The Morgan fingerprint density at radius 1 is 1.23 bits per heavy atom. The summed E-state index contributed by atoms with van der Waals surface area (Å²) >= 11 is 0. The smallest absolute Gasteiger partial charge is 0.223 e. The maximum Gasteiger partial charge on any atom is 0.223 e. The van der Waals surface area contributed by atoms with Gasteiger partial charge in [0.15, 0.2) is 5.82 Å². The lowest BCUT2D eigenvalue weighted by atomic mass is 9.65. The number of amides is 1. The fourth-order valence-electron chi connectivity index (χ4n) is 4.66. The Morgan fingerprint density at radius 3 is 2.77 bits per heavy atom. The maximum atomic E-state index is 12.5. The summed E-state index contributed by atoms with van der Waals surface area (Å²) in [5.41, 5.74) is 6.31. The average Bonchev–Trinajstić information content (AvgIpc) is 3.08. The quantitative estimate of drug-likeness (QED) is 0.872. The first-order valence-electron chi connectivity index (χ1n) is 8.66. The van der Waals surface area contributed by atoms with Crippen LogP contribution in [0.15, 0.2) is 0 Å². The van der Waals surface area contributed by atoms with Crippen LogP contribution in [0.1, 0.15) is 50.2 Å². The normalized spacial score (nSPS) is 33.5. The minimum Gasteiger partial charge on any atom is -0.349 e. The summed E-state index contributed by atoms with van der Waals surface area (Å²) in [7, 11) is 0. The molecule has 1 aliphatic heterocycles. The number of fused-ring (bicyclic) bond motifs is 3. The van der Waals surface area contributed by atoms with Gasteiger partial charge in [-0.15, -0.1) is 10.2 Å². The SMILES string of the molecule is NC1C2CCCC1CC(C(=O)NCc1nnc3n1CCC3)C2. The second-order valence-electron chi connectivity index (χ2n) is 7.20. The van der Waals surface area contributed by atoms with Gasteiger partial charge in [0.25, 0.3) is 0 Å². The van der Waals surface area contributed by atoms with Crippen LogP contribution in [-0.4, -0.2) is 26.7 Å². The Hall–Kier alpha value is -1.43. The maximum absolute atomic E-state index is 12.5. The summed E-state index contributed by atoms with van der Waals surface area (Å²) in [5, 5.41) is 11.5. The zero-order chi connectivity index (χ0) is 15.1. The predicted molar refractivity (Wildman–Crippen MR) is 81.7 cm³/mol. The van der Waals surface area contributed by atoms with Gasteiger partial charge < -0.3 is 15.6 Å². The van der Waals surface area contributed by atoms with E-state index in [1.54, 1.807) is 0 Å². The number of hydrogen-bond donors (Lipinski definition) is 2.